The van der Waals surface area contributed by atoms with E-state index in [0.29, 0.717) is 6.42 Å². The summed E-state index contributed by atoms with van der Waals surface area (Å²) in [6.45, 7) is 7.87. The lowest BCUT2D eigenvalue weighted by Crippen LogP contribution is -2.30. The molecule has 0 bridgehead atoms. The van der Waals surface area contributed by atoms with Crippen molar-refractivity contribution >= 4 is 5.97 Å². The van der Waals surface area contributed by atoms with Crippen molar-refractivity contribution in [2.45, 2.75) is 40.5 Å². The molecule has 0 aliphatic heterocycles. The zero-order valence-electron chi connectivity index (χ0n) is 10.0. The molecular weight excluding hydrogens is 190 g/mol. The molecule has 0 rings (SSSR count). The lowest BCUT2D eigenvalue weighted by atomic mass is 9.76. The largest absolute Gasteiger partial charge is 0.481 e. The van der Waals surface area contributed by atoms with E-state index in [0.717, 1.165) is 6.42 Å². The monoisotopic (exact) mass is 211 g/mol. The predicted molar refractivity (Wildman–Crippen MR) is 59.1 cm³/mol. The van der Waals surface area contributed by atoms with Crippen molar-refractivity contribution in [2.24, 2.45) is 23.7 Å². The Morgan fingerprint density at radius 2 is 1.87 bits per heavy atom. The van der Waals surface area contributed by atoms with Gasteiger partial charge in [-0.3, -0.25) is 4.79 Å². The van der Waals surface area contributed by atoms with E-state index in [-0.39, 0.29) is 23.7 Å². The lowest BCUT2D eigenvalue weighted by Gasteiger charge is -2.28. The molecule has 0 fully saturated rings. The van der Waals surface area contributed by atoms with Gasteiger partial charge in [0.15, 0.2) is 0 Å². The van der Waals surface area contributed by atoms with Crippen LogP contribution in [0, 0.1) is 35.0 Å². The standard InChI is InChI=1S/C12H21NO2/c1-8(2)11(12(14)15)10(4)9(3)6-5-7-13/h8-11H,5-6H2,1-4H3,(H,14,15)/t9?,10-,11+/m0/s1. The quantitative estimate of drug-likeness (QED) is 0.734. The topological polar surface area (TPSA) is 61.1 Å². The molecule has 15 heavy (non-hydrogen) atoms. The van der Waals surface area contributed by atoms with Gasteiger partial charge in [-0.2, -0.15) is 5.26 Å². The summed E-state index contributed by atoms with van der Waals surface area (Å²) < 4.78 is 0. The summed E-state index contributed by atoms with van der Waals surface area (Å²) in [5, 5.41) is 17.6. The van der Waals surface area contributed by atoms with E-state index < -0.39 is 5.97 Å². The number of nitriles is 1. The Kier molecular flexibility index (Phi) is 6.00. The molecule has 0 aromatic heterocycles. The highest BCUT2D eigenvalue weighted by atomic mass is 16.4. The number of nitrogens with zero attached hydrogens (tertiary/aromatic N) is 1. The van der Waals surface area contributed by atoms with Crippen molar-refractivity contribution in [1.82, 2.24) is 0 Å². The minimum Gasteiger partial charge on any atom is -0.481 e. The predicted octanol–water partition coefficient (Wildman–Crippen LogP) is 2.92. The zero-order valence-corrected chi connectivity index (χ0v) is 10.0. The molecule has 0 radical (unpaired) electrons. The van der Waals surface area contributed by atoms with Crippen molar-refractivity contribution in [3.63, 3.8) is 0 Å². The average molecular weight is 211 g/mol. The molecule has 0 aliphatic carbocycles. The van der Waals surface area contributed by atoms with Gasteiger partial charge in [-0.15, -0.1) is 0 Å². The van der Waals surface area contributed by atoms with Crippen LogP contribution in [0.5, 0.6) is 0 Å². The van der Waals surface area contributed by atoms with Gasteiger partial charge in [0.05, 0.1) is 12.0 Å². The van der Waals surface area contributed by atoms with Crippen LogP contribution in [0.4, 0.5) is 0 Å². The summed E-state index contributed by atoms with van der Waals surface area (Å²) in [5.41, 5.74) is 0. The Morgan fingerprint density at radius 1 is 1.33 bits per heavy atom. The van der Waals surface area contributed by atoms with Crippen molar-refractivity contribution < 1.29 is 9.90 Å². The van der Waals surface area contributed by atoms with Crippen LogP contribution < -0.4 is 0 Å². The second-order valence-corrected chi connectivity index (χ2v) is 4.64. The number of rotatable bonds is 6. The Bertz CT molecular complexity index is 242. The van der Waals surface area contributed by atoms with E-state index in [2.05, 4.69) is 6.07 Å². The number of carbonyl (C=O) groups is 1. The minimum atomic E-state index is -0.721. The van der Waals surface area contributed by atoms with Crippen molar-refractivity contribution in [1.29, 1.82) is 5.26 Å². The molecule has 0 aromatic rings. The molecule has 0 saturated heterocycles. The number of aliphatic carboxylic acids is 1. The summed E-state index contributed by atoms with van der Waals surface area (Å²) in [5.74, 6) is -0.481. The SMILES string of the molecule is CC(C)[C@@H](C(=O)O)[C@@H](C)C(C)CCC#N. The maximum Gasteiger partial charge on any atom is 0.307 e. The molecule has 3 nitrogen and oxygen atoms in total. The Balaban J connectivity index is 4.43. The maximum atomic E-state index is 11.1. The van der Waals surface area contributed by atoms with Crippen LogP contribution in [0.15, 0.2) is 0 Å². The molecule has 0 amide bonds. The highest BCUT2D eigenvalue weighted by Crippen LogP contribution is 2.29. The van der Waals surface area contributed by atoms with Gasteiger partial charge in [0.1, 0.15) is 0 Å². The normalized spacial score (nSPS) is 16.8. The number of hydrogen-bond acceptors (Lipinski definition) is 2. The summed E-state index contributed by atoms with van der Waals surface area (Å²) in [4.78, 5) is 11.1. The fourth-order valence-electron chi connectivity index (χ4n) is 2.03. The molecule has 0 saturated carbocycles. The van der Waals surface area contributed by atoms with Crippen molar-refractivity contribution in [2.75, 3.05) is 0 Å². The van der Waals surface area contributed by atoms with Crippen LogP contribution in [-0.2, 0) is 4.79 Å². The molecular formula is C12H21NO2. The van der Waals surface area contributed by atoms with E-state index in [1.54, 1.807) is 0 Å². The van der Waals surface area contributed by atoms with Gasteiger partial charge in [-0.1, -0.05) is 27.7 Å². The van der Waals surface area contributed by atoms with Gasteiger partial charge in [-0.05, 0) is 24.2 Å². The third-order valence-electron chi connectivity index (χ3n) is 3.18. The van der Waals surface area contributed by atoms with Crippen LogP contribution in [-0.4, -0.2) is 11.1 Å². The maximum absolute atomic E-state index is 11.1. The van der Waals surface area contributed by atoms with Crippen LogP contribution in [0.3, 0.4) is 0 Å². The Hall–Kier alpha value is -1.04. The highest BCUT2D eigenvalue weighted by Gasteiger charge is 2.30. The lowest BCUT2D eigenvalue weighted by molar-refractivity contribution is -0.146. The number of carboxylic acid groups (broad SMARTS) is 1. The number of hydrogen-bond donors (Lipinski definition) is 1. The van der Waals surface area contributed by atoms with E-state index in [9.17, 15) is 4.79 Å². The summed E-state index contributed by atoms with van der Waals surface area (Å²) in [7, 11) is 0. The van der Waals surface area contributed by atoms with Crippen LogP contribution in [0.2, 0.25) is 0 Å². The molecule has 86 valence electrons. The first kappa shape index (κ1) is 14.0. The van der Waals surface area contributed by atoms with Crippen LogP contribution in [0.25, 0.3) is 0 Å². The van der Waals surface area contributed by atoms with Crippen molar-refractivity contribution in [3.05, 3.63) is 0 Å². The van der Waals surface area contributed by atoms with Crippen molar-refractivity contribution in [3.8, 4) is 6.07 Å². The molecule has 0 aromatic carbocycles. The van der Waals surface area contributed by atoms with Gasteiger partial charge >= 0.3 is 5.97 Å². The first-order chi connectivity index (χ1) is 6.91. The summed E-state index contributed by atoms with van der Waals surface area (Å²) >= 11 is 0. The fourth-order valence-corrected chi connectivity index (χ4v) is 2.03. The number of carboxylic acids is 1. The molecule has 0 spiro atoms. The smallest absolute Gasteiger partial charge is 0.307 e. The van der Waals surface area contributed by atoms with Gasteiger partial charge < -0.3 is 5.11 Å². The third kappa shape index (κ3) is 4.33. The molecule has 0 heterocycles. The van der Waals surface area contributed by atoms with E-state index in [4.69, 9.17) is 10.4 Å². The molecule has 0 aliphatic rings. The first-order valence-electron chi connectivity index (χ1n) is 5.51. The molecule has 3 heteroatoms. The van der Waals surface area contributed by atoms with Gasteiger partial charge in [0.2, 0.25) is 0 Å². The summed E-state index contributed by atoms with van der Waals surface area (Å²) in [6, 6.07) is 2.10. The average Bonchev–Trinajstić information content (AvgIpc) is 2.12. The fraction of sp³-hybridized carbons (Fsp3) is 0.833. The Labute approximate surface area is 92.1 Å². The second kappa shape index (κ2) is 6.44. The third-order valence-corrected chi connectivity index (χ3v) is 3.18. The van der Waals surface area contributed by atoms with Gasteiger partial charge in [0.25, 0.3) is 0 Å². The zero-order chi connectivity index (χ0) is 12.0. The van der Waals surface area contributed by atoms with Gasteiger partial charge in [0, 0.05) is 6.42 Å². The van der Waals surface area contributed by atoms with Crippen LogP contribution in [0.1, 0.15) is 40.5 Å². The molecule has 1 N–H and O–H groups in total. The minimum absolute atomic E-state index is 0.121. The summed E-state index contributed by atoms with van der Waals surface area (Å²) in [6.07, 6.45) is 1.30. The van der Waals surface area contributed by atoms with E-state index >= 15 is 0 Å². The van der Waals surface area contributed by atoms with Crippen LogP contribution >= 0.6 is 0 Å². The van der Waals surface area contributed by atoms with E-state index in [1.165, 1.54) is 0 Å². The van der Waals surface area contributed by atoms with Gasteiger partial charge in [-0.25, -0.2) is 0 Å². The van der Waals surface area contributed by atoms with E-state index in [1.807, 2.05) is 27.7 Å². The first-order valence-corrected chi connectivity index (χ1v) is 5.51. The molecule has 1 unspecified atom stereocenters. The molecule has 3 atom stereocenters. The highest BCUT2D eigenvalue weighted by molar-refractivity contribution is 5.70. The Morgan fingerprint density at radius 3 is 2.20 bits per heavy atom. The second-order valence-electron chi connectivity index (χ2n) is 4.64.